The second-order valence-corrected chi connectivity index (χ2v) is 8.75. The largest absolute Gasteiger partial charge is 0.494 e. The average molecular weight is 615 g/mol. The molecule has 0 radical (unpaired) electrons. The number of nitrogens with two attached hydrogens (primary N) is 2. The van der Waals surface area contributed by atoms with E-state index in [-0.39, 0.29) is 74.9 Å². The molecule has 12 nitrogen and oxygen atoms in total. The molecule has 7 N–H and O–H groups in total. The Morgan fingerprint density at radius 1 is 0.897 bits per heavy atom. The monoisotopic (exact) mass is 614 g/mol. The van der Waals surface area contributed by atoms with Gasteiger partial charge in [-0.2, -0.15) is 0 Å². The second kappa shape index (κ2) is 29.5. The summed E-state index contributed by atoms with van der Waals surface area (Å²) in [4.78, 5) is 75.3. The van der Waals surface area contributed by atoms with Gasteiger partial charge < -0.3 is 26.4 Å². The fourth-order valence-electron chi connectivity index (χ4n) is 1.17. The molecule has 226 valence electrons. The Morgan fingerprint density at radius 3 is 1.31 bits per heavy atom. The van der Waals surface area contributed by atoms with Gasteiger partial charge in [-0.25, -0.2) is 0 Å². The van der Waals surface area contributed by atoms with E-state index >= 15 is 0 Å². The van der Waals surface area contributed by atoms with Crippen LogP contribution in [0, 0.1) is 17.6 Å². The van der Waals surface area contributed by atoms with Gasteiger partial charge in [0.25, 0.3) is 5.56 Å². The van der Waals surface area contributed by atoms with E-state index in [0.29, 0.717) is 6.42 Å². The van der Waals surface area contributed by atoms with Crippen molar-refractivity contribution < 1.29 is 33.9 Å². The Labute approximate surface area is 245 Å². The van der Waals surface area contributed by atoms with Gasteiger partial charge in [0.05, 0.1) is 17.9 Å². The molecule has 0 amide bonds. The summed E-state index contributed by atoms with van der Waals surface area (Å²) in [5.74, 6) is -0.566. The molecule has 15 heteroatoms. The summed E-state index contributed by atoms with van der Waals surface area (Å²) in [6.07, 6.45) is 0.750. The quantitative estimate of drug-likeness (QED) is 0.183. The van der Waals surface area contributed by atoms with Crippen LogP contribution < -0.4 is 17.0 Å². The number of nitrogens with one attached hydrogen (secondary N) is 2. The first-order chi connectivity index (χ1) is 17.0. The first-order valence-electron chi connectivity index (χ1n) is 10.7. The number of hydrogen-bond donors (Lipinski definition) is 5. The van der Waals surface area contributed by atoms with Crippen LogP contribution in [0.25, 0.3) is 0 Å². The molecular weight excluding hydrogens is 572 g/mol. The van der Waals surface area contributed by atoms with Gasteiger partial charge in [-0.1, -0.05) is 14.4 Å². The first kappa shape index (κ1) is 48.9. The highest BCUT2D eigenvalue weighted by Crippen LogP contribution is 2.02. The molecule has 1 aromatic rings. The Bertz CT molecular complexity index is 1010. The number of aromatic nitrogens is 2. The number of H-pyrrole nitrogens is 2. The van der Waals surface area contributed by atoms with Crippen LogP contribution in [0.5, 0.6) is 5.88 Å². The van der Waals surface area contributed by atoms with Crippen molar-refractivity contribution in [1.82, 2.24) is 9.97 Å². The van der Waals surface area contributed by atoms with E-state index in [1.807, 2.05) is 6.92 Å². The number of Topliss-reactive ketones (excluding diaryl/α,β-unsaturated/α-hetero) is 5. The van der Waals surface area contributed by atoms with Crippen molar-refractivity contribution >= 4 is 75.3 Å². The lowest BCUT2D eigenvalue weighted by molar-refractivity contribution is -0.130. The molecule has 0 spiro atoms. The van der Waals surface area contributed by atoms with Gasteiger partial charge in [-0.15, -0.1) is 0 Å². The van der Waals surface area contributed by atoms with Crippen LogP contribution in [0.4, 0.5) is 0 Å². The lowest BCUT2D eigenvalue weighted by Crippen LogP contribution is -2.18. The molecule has 0 aliphatic rings. The van der Waals surface area contributed by atoms with Crippen molar-refractivity contribution in [2.45, 2.75) is 82.6 Å². The van der Waals surface area contributed by atoms with E-state index in [1.165, 1.54) is 41.5 Å². The van der Waals surface area contributed by atoms with Gasteiger partial charge in [0.2, 0.25) is 5.24 Å². The summed E-state index contributed by atoms with van der Waals surface area (Å²) in [5.41, 5.74) is 9.12. The van der Waals surface area contributed by atoms with Crippen molar-refractivity contribution in [3.63, 3.8) is 0 Å². The van der Waals surface area contributed by atoms with Crippen molar-refractivity contribution in [1.29, 1.82) is 0 Å². The second-order valence-electron chi connectivity index (χ2n) is 7.33. The van der Waals surface area contributed by atoms with E-state index in [0.717, 1.165) is 0 Å². The maximum Gasteiger partial charge on any atom is 0.258 e. The Hall–Kier alpha value is -3.10. The Kier molecular flexibility index (Phi) is 36.9. The highest BCUT2D eigenvalue weighted by molar-refractivity contribution is 7.80. The van der Waals surface area contributed by atoms with Crippen molar-refractivity contribution in [3.05, 3.63) is 20.7 Å². The van der Waals surface area contributed by atoms with E-state index < -0.39 is 5.92 Å². The van der Waals surface area contributed by atoms with E-state index in [2.05, 4.69) is 57.5 Å². The number of carbonyl (C=O) groups excluding carboxylic acids is 6. The van der Waals surface area contributed by atoms with Crippen molar-refractivity contribution in [3.8, 4) is 5.88 Å². The molecule has 0 aliphatic heterocycles. The highest BCUT2D eigenvalue weighted by Gasteiger charge is 2.11. The molecule has 1 heterocycles. The zero-order chi connectivity index (χ0) is 31.8. The summed E-state index contributed by atoms with van der Waals surface area (Å²) >= 11 is 13.3. The third-order valence-electron chi connectivity index (χ3n) is 3.37. The van der Waals surface area contributed by atoms with Gasteiger partial charge in [0, 0.05) is 13.3 Å². The van der Waals surface area contributed by atoms with Gasteiger partial charge in [0.15, 0.2) is 15.8 Å². The lowest BCUT2D eigenvalue weighted by atomic mass is 10.0. The SMILES string of the molecule is C.CC(=O)C(C)C(C)=O.CC(=O)CC(C)=O.CC(=O)Cl.CCC(C)=O.Cc1c(O)[nH]c(=S)[nH]c1=O.NC(N)=S. The zero-order valence-corrected chi connectivity index (χ0v) is 25.5. The molecule has 39 heavy (non-hydrogen) atoms. The topological polar surface area (TPSA) is 223 Å². The maximum atomic E-state index is 10.8. The molecule has 0 aromatic carbocycles. The van der Waals surface area contributed by atoms with Crippen molar-refractivity contribution in [2.24, 2.45) is 17.4 Å². The number of ketones is 5. The predicted octanol–water partition coefficient (Wildman–Crippen LogP) is 3.38. The van der Waals surface area contributed by atoms with Crippen molar-refractivity contribution in [2.75, 3.05) is 0 Å². The number of thiocarbonyl (C=S) groups is 1. The molecule has 0 atom stereocenters. The third kappa shape index (κ3) is 52.2. The number of hydrogen-bond acceptors (Lipinski definition) is 10. The predicted molar refractivity (Wildman–Crippen MR) is 160 cm³/mol. The van der Waals surface area contributed by atoms with Gasteiger partial charge in [-0.05, 0) is 84.5 Å². The zero-order valence-electron chi connectivity index (χ0n) is 23.1. The summed E-state index contributed by atoms with van der Waals surface area (Å²) in [5, 5.41) is 8.58. The molecular formula is C24H43ClN4O8S2. The normalized spacial score (nSPS) is 8.18. The minimum absolute atomic E-state index is 0. The Balaban J connectivity index is -0.0000000864. The summed E-state index contributed by atoms with van der Waals surface area (Å²) in [6.45, 7) is 13.5. The highest BCUT2D eigenvalue weighted by atomic mass is 35.5. The summed E-state index contributed by atoms with van der Waals surface area (Å²) in [7, 11) is 0. The van der Waals surface area contributed by atoms with Gasteiger partial charge in [0.1, 0.15) is 28.9 Å². The van der Waals surface area contributed by atoms with Crippen LogP contribution in [0.3, 0.4) is 0 Å². The van der Waals surface area contributed by atoms with E-state index in [4.69, 9.17) is 5.11 Å². The summed E-state index contributed by atoms with van der Waals surface area (Å²) < 4.78 is 0.133. The van der Waals surface area contributed by atoms with Crippen LogP contribution in [-0.4, -0.2) is 54.3 Å². The minimum atomic E-state index is -0.407. The fraction of sp³-hybridized carbons (Fsp3) is 0.542. The smallest absolute Gasteiger partial charge is 0.258 e. The number of halogens is 1. The molecule has 0 fully saturated rings. The first-order valence-corrected chi connectivity index (χ1v) is 11.9. The molecule has 0 unspecified atom stereocenters. The van der Waals surface area contributed by atoms with E-state index in [1.54, 1.807) is 13.8 Å². The molecule has 0 bridgehead atoms. The van der Waals surface area contributed by atoms with Crippen LogP contribution in [0.15, 0.2) is 4.79 Å². The maximum absolute atomic E-state index is 10.8. The number of carbonyl (C=O) groups is 6. The molecule has 1 rings (SSSR count). The summed E-state index contributed by atoms with van der Waals surface area (Å²) in [6, 6.07) is 0. The molecule has 0 saturated carbocycles. The number of aromatic hydroxyl groups is 1. The van der Waals surface area contributed by atoms with Crippen LogP contribution >= 0.6 is 36.0 Å². The average Bonchev–Trinajstić information content (AvgIpc) is 2.70. The minimum Gasteiger partial charge on any atom is -0.494 e. The van der Waals surface area contributed by atoms with E-state index in [9.17, 15) is 33.6 Å². The Morgan fingerprint density at radius 2 is 1.18 bits per heavy atom. The van der Waals surface area contributed by atoms with Crippen LogP contribution in [-0.2, 0) is 28.8 Å². The lowest BCUT2D eigenvalue weighted by Gasteiger charge is -1.97. The standard InChI is InChI=1S/C6H10O2.C5H6N2O2S.C5H8O2.C4H8O.C2H3ClO.CH4N2S.CH4/c1-4(5(2)7)6(3)8;1-2-3(8)6-5(10)7-4(2)9;1-4(6)3-5(2)7;1-3-4(2)5;1-2(3)4;2-1(3)4;/h4H,1-3H3;1H3,(H3,6,7,8,9,10);3H2,1-2H3;3H2,1-2H3;1H3;(H4,2,3,4);1H4. The van der Waals surface area contributed by atoms with Gasteiger partial charge in [-0.3, -0.25) is 33.8 Å². The third-order valence-corrected chi connectivity index (χ3v) is 3.57. The number of rotatable bonds is 5. The molecule has 1 aromatic heterocycles. The number of aromatic amines is 2. The van der Waals surface area contributed by atoms with Crippen LogP contribution in [0.1, 0.15) is 81.2 Å². The fourth-order valence-corrected chi connectivity index (χ4v) is 1.36. The molecule has 0 aliphatic carbocycles. The molecule has 0 saturated heterocycles. The van der Waals surface area contributed by atoms with Gasteiger partial charge >= 0.3 is 0 Å². The van der Waals surface area contributed by atoms with Crippen LogP contribution in [0.2, 0.25) is 0 Å².